The van der Waals surface area contributed by atoms with Crippen LogP contribution >= 0.6 is 0 Å². The standard InChI is InChI=1S/C11H11NO/c1-8-4-3-5-10(6-8)11(7-12)9(2)13/h3-6,11H,1-2H3. The van der Waals surface area contributed by atoms with Gasteiger partial charge in [0, 0.05) is 0 Å². The van der Waals surface area contributed by atoms with E-state index in [-0.39, 0.29) is 5.78 Å². The van der Waals surface area contributed by atoms with Crippen LogP contribution in [0.15, 0.2) is 24.3 Å². The Morgan fingerprint density at radius 1 is 1.54 bits per heavy atom. The summed E-state index contributed by atoms with van der Waals surface area (Å²) in [6, 6.07) is 9.48. The van der Waals surface area contributed by atoms with Crippen molar-refractivity contribution in [1.82, 2.24) is 0 Å². The first kappa shape index (κ1) is 9.47. The molecule has 0 saturated carbocycles. The fourth-order valence-electron chi connectivity index (χ4n) is 1.25. The SMILES string of the molecule is CC(=O)C(C#N)c1cccc(C)c1. The fourth-order valence-corrected chi connectivity index (χ4v) is 1.25. The van der Waals surface area contributed by atoms with E-state index in [0.717, 1.165) is 11.1 Å². The predicted molar refractivity (Wildman–Crippen MR) is 50.2 cm³/mol. The zero-order valence-corrected chi connectivity index (χ0v) is 7.74. The third-order valence-corrected chi connectivity index (χ3v) is 1.91. The second kappa shape index (κ2) is 3.86. The number of benzene rings is 1. The molecule has 1 unspecified atom stereocenters. The highest BCUT2D eigenvalue weighted by Crippen LogP contribution is 2.16. The van der Waals surface area contributed by atoms with E-state index in [1.54, 1.807) is 0 Å². The molecule has 0 fully saturated rings. The molecular formula is C11H11NO. The Labute approximate surface area is 77.8 Å². The predicted octanol–water partition coefficient (Wildman–Crippen LogP) is 2.19. The molecule has 0 aliphatic carbocycles. The number of nitrogens with zero attached hydrogens (tertiary/aromatic N) is 1. The van der Waals surface area contributed by atoms with Crippen molar-refractivity contribution in [1.29, 1.82) is 5.26 Å². The topological polar surface area (TPSA) is 40.9 Å². The summed E-state index contributed by atoms with van der Waals surface area (Å²) in [6.07, 6.45) is 0. The molecule has 0 aliphatic heterocycles. The van der Waals surface area contributed by atoms with Crippen LogP contribution in [0.3, 0.4) is 0 Å². The molecular weight excluding hydrogens is 162 g/mol. The molecule has 0 spiro atoms. The van der Waals surface area contributed by atoms with Gasteiger partial charge in [0.25, 0.3) is 0 Å². The molecule has 0 amide bonds. The smallest absolute Gasteiger partial charge is 0.151 e. The van der Waals surface area contributed by atoms with Crippen LogP contribution in [0.1, 0.15) is 24.0 Å². The molecule has 0 aliphatic rings. The zero-order chi connectivity index (χ0) is 9.84. The van der Waals surface area contributed by atoms with E-state index >= 15 is 0 Å². The van der Waals surface area contributed by atoms with E-state index in [9.17, 15) is 4.79 Å². The molecule has 0 N–H and O–H groups in total. The highest BCUT2D eigenvalue weighted by Gasteiger charge is 2.14. The minimum atomic E-state index is -0.611. The quantitative estimate of drug-likeness (QED) is 0.687. The monoisotopic (exact) mass is 173 g/mol. The number of nitriles is 1. The Morgan fingerprint density at radius 2 is 2.23 bits per heavy atom. The van der Waals surface area contributed by atoms with Gasteiger partial charge in [0.15, 0.2) is 5.78 Å². The number of rotatable bonds is 2. The minimum absolute atomic E-state index is 0.104. The van der Waals surface area contributed by atoms with Gasteiger partial charge in [0.2, 0.25) is 0 Å². The fraction of sp³-hybridized carbons (Fsp3) is 0.273. The van der Waals surface area contributed by atoms with E-state index in [4.69, 9.17) is 5.26 Å². The molecule has 0 aromatic heterocycles. The maximum Gasteiger partial charge on any atom is 0.151 e. The Morgan fingerprint density at radius 3 is 2.69 bits per heavy atom. The molecule has 0 bridgehead atoms. The van der Waals surface area contributed by atoms with Crippen molar-refractivity contribution in [3.63, 3.8) is 0 Å². The molecule has 1 rings (SSSR count). The van der Waals surface area contributed by atoms with Gasteiger partial charge in [-0.15, -0.1) is 0 Å². The Balaban J connectivity index is 3.07. The summed E-state index contributed by atoms with van der Waals surface area (Å²) in [5.74, 6) is -0.715. The second-order valence-electron chi connectivity index (χ2n) is 3.09. The third kappa shape index (κ3) is 2.16. The number of ketones is 1. The molecule has 2 heteroatoms. The Bertz CT molecular complexity index is 363. The van der Waals surface area contributed by atoms with Gasteiger partial charge in [-0.25, -0.2) is 0 Å². The first-order valence-electron chi connectivity index (χ1n) is 4.12. The van der Waals surface area contributed by atoms with Gasteiger partial charge in [-0.1, -0.05) is 29.8 Å². The summed E-state index contributed by atoms with van der Waals surface area (Å²) in [4.78, 5) is 11.1. The van der Waals surface area contributed by atoms with Gasteiger partial charge < -0.3 is 0 Å². The Hall–Kier alpha value is -1.62. The summed E-state index contributed by atoms with van der Waals surface area (Å²) in [6.45, 7) is 3.38. The summed E-state index contributed by atoms with van der Waals surface area (Å²) >= 11 is 0. The van der Waals surface area contributed by atoms with Crippen LogP contribution in [0.25, 0.3) is 0 Å². The summed E-state index contributed by atoms with van der Waals surface area (Å²) in [7, 11) is 0. The van der Waals surface area contributed by atoms with Crippen molar-refractivity contribution in [2.24, 2.45) is 0 Å². The normalized spacial score (nSPS) is 11.8. The first-order chi connectivity index (χ1) is 6.15. The molecule has 66 valence electrons. The highest BCUT2D eigenvalue weighted by molar-refractivity contribution is 5.86. The summed E-state index contributed by atoms with van der Waals surface area (Å²) in [5.41, 5.74) is 1.86. The van der Waals surface area contributed by atoms with Crippen molar-refractivity contribution < 1.29 is 4.79 Å². The summed E-state index contributed by atoms with van der Waals surface area (Å²) in [5, 5.41) is 8.77. The first-order valence-corrected chi connectivity index (χ1v) is 4.12. The van der Waals surface area contributed by atoms with Gasteiger partial charge in [0.05, 0.1) is 6.07 Å². The molecule has 1 aromatic rings. The number of carbonyl (C=O) groups is 1. The van der Waals surface area contributed by atoms with E-state index < -0.39 is 5.92 Å². The number of hydrogen-bond acceptors (Lipinski definition) is 2. The molecule has 0 heterocycles. The third-order valence-electron chi connectivity index (χ3n) is 1.91. The lowest BCUT2D eigenvalue weighted by Crippen LogP contribution is -2.06. The maximum absolute atomic E-state index is 11.1. The van der Waals surface area contributed by atoms with E-state index in [0.29, 0.717) is 0 Å². The van der Waals surface area contributed by atoms with Crippen LogP contribution in [-0.2, 0) is 4.79 Å². The minimum Gasteiger partial charge on any atom is -0.298 e. The molecule has 1 aromatic carbocycles. The summed E-state index contributed by atoms with van der Waals surface area (Å²) < 4.78 is 0. The number of hydrogen-bond donors (Lipinski definition) is 0. The van der Waals surface area contributed by atoms with Gasteiger partial charge in [-0.05, 0) is 19.4 Å². The van der Waals surface area contributed by atoms with Gasteiger partial charge in [0.1, 0.15) is 5.92 Å². The van der Waals surface area contributed by atoms with Crippen molar-refractivity contribution in [2.45, 2.75) is 19.8 Å². The molecule has 0 radical (unpaired) electrons. The van der Waals surface area contributed by atoms with E-state index in [1.807, 2.05) is 37.3 Å². The number of aryl methyl sites for hydroxylation is 1. The maximum atomic E-state index is 11.1. The van der Waals surface area contributed by atoms with E-state index in [2.05, 4.69) is 0 Å². The average Bonchev–Trinajstić information content (AvgIpc) is 2.04. The molecule has 2 nitrogen and oxygen atoms in total. The van der Waals surface area contributed by atoms with Crippen molar-refractivity contribution in [3.05, 3.63) is 35.4 Å². The Kier molecular flexibility index (Phi) is 2.81. The van der Waals surface area contributed by atoms with Gasteiger partial charge >= 0.3 is 0 Å². The van der Waals surface area contributed by atoms with Crippen LogP contribution in [0, 0.1) is 18.3 Å². The van der Waals surface area contributed by atoms with Crippen LogP contribution in [0.4, 0.5) is 0 Å². The number of Topliss-reactive ketones (excluding diaryl/α,β-unsaturated/α-hetero) is 1. The zero-order valence-electron chi connectivity index (χ0n) is 7.74. The lowest BCUT2D eigenvalue weighted by atomic mass is 9.96. The second-order valence-corrected chi connectivity index (χ2v) is 3.09. The highest BCUT2D eigenvalue weighted by atomic mass is 16.1. The molecule has 13 heavy (non-hydrogen) atoms. The van der Waals surface area contributed by atoms with Crippen LogP contribution in [-0.4, -0.2) is 5.78 Å². The van der Waals surface area contributed by atoms with E-state index in [1.165, 1.54) is 6.92 Å². The van der Waals surface area contributed by atoms with Crippen LogP contribution < -0.4 is 0 Å². The largest absolute Gasteiger partial charge is 0.298 e. The van der Waals surface area contributed by atoms with Gasteiger partial charge in [-0.3, -0.25) is 4.79 Å². The van der Waals surface area contributed by atoms with Crippen molar-refractivity contribution >= 4 is 5.78 Å². The van der Waals surface area contributed by atoms with Crippen LogP contribution in [0.2, 0.25) is 0 Å². The number of carbonyl (C=O) groups excluding carboxylic acids is 1. The van der Waals surface area contributed by atoms with Crippen LogP contribution in [0.5, 0.6) is 0 Å². The molecule has 1 atom stereocenters. The van der Waals surface area contributed by atoms with Crippen molar-refractivity contribution in [3.8, 4) is 6.07 Å². The lowest BCUT2D eigenvalue weighted by molar-refractivity contribution is -0.117. The van der Waals surface area contributed by atoms with Crippen molar-refractivity contribution in [2.75, 3.05) is 0 Å². The van der Waals surface area contributed by atoms with Gasteiger partial charge in [-0.2, -0.15) is 5.26 Å². The average molecular weight is 173 g/mol. The molecule has 0 saturated heterocycles. The lowest BCUT2D eigenvalue weighted by Gasteiger charge is -2.05.